The molecule has 1 aliphatic carbocycles. The standard InChI is InChI=1S/C13H15BrClNO/c14-11(9-5-6-9)8-16-13(17)7-10-3-1-2-4-12(10)15/h1-4,9,11H,5-8H2,(H,16,17). The van der Waals surface area contributed by atoms with Crippen molar-refractivity contribution in [2.24, 2.45) is 5.92 Å². The SMILES string of the molecule is O=C(Cc1ccccc1Cl)NCC(Br)C1CC1. The van der Waals surface area contributed by atoms with Crippen LogP contribution in [0, 0.1) is 5.92 Å². The Kier molecular flexibility index (Phi) is 4.46. The van der Waals surface area contributed by atoms with Crippen LogP contribution in [0.5, 0.6) is 0 Å². The van der Waals surface area contributed by atoms with Crippen molar-refractivity contribution >= 4 is 33.4 Å². The van der Waals surface area contributed by atoms with Crippen LogP contribution in [0.3, 0.4) is 0 Å². The quantitative estimate of drug-likeness (QED) is 0.831. The highest BCUT2D eigenvalue weighted by molar-refractivity contribution is 9.09. The number of amides is 1. The predicted octanol–water partition coefficient (Wildman–Crippen LogP) is 3.17. The summed E-state index contributed by atoms with van der Waals surface area (Å²) in [6.45, 7) is 0.702. The molecule has 1 aromatic carbocycles. The first-order valence-electron chi connectivity index (χ1n) is 5.81. The van der Waals surface area contributed by atoms with E-state index < -0.39 is 0 Å². The summed E-state index contributed by atoms with van der Waals surface area (Å²) in [5, 5.41) is 3.59. The predicted molar refractivity (Wildman–Crippen MR) is 73.6 cm³/mol. The molecule has 0 bridgehead atoms. The fourth-order valence-corrected chi connectivity index (χ4v) is 2.61. The molecule has 17 heavy (non-hydrogen) atoms. The third-order valence-electron chi connectivity index (χ3n) is 2.94. The molecular weight excluding hydrogens is 302 g/mol. The van der Waals surface area contributed by atoms with Crippen molar-refractivity contribution in [3.05, 3.63) is 34.9 Å². The van der Waals surface area contributed by atoms with Crippen LogP contribution in [-0.2, 0) is 11.2 Å². The van der Waals surface area contributed by atoms with E-state index in [2.05, 4.69) is 21.2 Å². The lowest BCUT2D eigenvalue weighted by atomic mass is 10.1. The van der Waals surface area contributed by atoms with E-state index in [1.54, 1.807) is 0 Å². The molecule has 0 aliphatic heterocycles. The Labute approximate surface area is 115 Å². The molecule has 0 aromatic heterocycles. The Balaban J connectivity index is 1.78. The van der Waals surface area contributed by atoms with Crippen LogP contribution in [0.15, 0.2) is 24.3 Å². The van der Waals surface area contributed by atoms with Gasteiger partial charge in [0.25, 0.3) is 0 Å². The number of hydrogen-bond donors (Lipinski definition) is 1. The van der Waals surface area contributed by atoms with Gasteiger partial charge in [-0.3, -0.25) is 4.79 Å². The van der Waals surface area contributed by atoms with Crippen molar-refractivity contribution in [2.75, 3.05) is 6.54 Å². The van der Waals surface area contributed by atoms with Gasteiger partial charge in [0.1, 0.15) is 0 Å². The van der Waals surface area contributed by atoms with Crippen LogP contribution in [0.1, 0.15) is 18.4 Å². The summed E-state index contributed by atoms with van der Waals surface area (Å²) in [5.41, 5.74) is 0.879. The van der Waals surface area contributed by atoms with Gasteiger partial charge in [-0.05, 0) is 30.4 Å². The van der Waals surface area contributed by atoms with Gasteiger partial charge in [-0.25, -0.2) is 0 Å². The molecule has 1 atom stereocenters. The summed E-state index contributed by atoms with van der Waals surface area (Å²) in [6, 6.07) is 7.45. The molecule has 1 amide bonds. The smallest absolute Gasteiger partial charge is 0.224 e. The largest absolute Gasteiger partial charge is 0.355 e. The average Bonchev–Trinajstić information content (AvgIpc) is 3.13. The Bertz CT molecular complexity index is 406. The number of benzene rings is 1. The lowest BCUT2D eigenvalue weighted by molar-refractivity contribution is -0.120. The number of alkyl halides is 1. The van der Waals surface area contributed by atoms with E-state index in [9.17, 15) is 4.79 Å². The van der Waals surface area contributed by atoms with Crippen LogP contribution in [0.4, 0.5) is 0 Å². The molecule has 2 rings (SSSR count). The first-order valence-corrected chi connectivity index (χ1v) is 7.10. The Morgan fingerprint density at radius 2 is 2.18 bits per heavy atom. The van der Waals surface area contributed by atoms with Crippen molar-refractivity contribution in [2.45, 2.75) is 24.1 Å². The first kappa shape index (κ1) is 12.9. The zero-order valence-electron chi connectivity index (χ0n) is 9.46. The highest BCUT2D eigenvalue weighted by Crippen LogP contribution is 2.36. The summed E-state index contributed by atoms with van der Waals surface area (Å²) in [4.78, 5) is 12.1. The van der Waals surface area contributed by atoms with Crippen molar-refractivity contribution < 1.29 is 4.79 Å². The second-order valence-corrected chi connectivity index (χ2v) is 6.01. The lowest BCUT2D eigenvalue weighted by Crippen LogP contribution is -2.31. The zero-order valence-corrected chi connectivity index (χ0v) is 11.8. The molecule has 1 unspecified atom stereocenters. The van der Waals surface area contributed by atoms with Gasteiger partial charge in [0.05, 0.1) is 6.42 Å². The molecule has 1 fully saturated rings. The maximum absolute atomic E-state index is 11.7. The topological polar surface area (TPSA) is 29.1 Å². The van der Waals surface area contributed by atoms with Gasteiger partial charge in [0.2, 0.25) is 5.91 Å². The van der Waals surface area contributed by atoms with E-state index in [0.717, 1.165) is 11.5 Å². The third kappa shape index (κ3) is 4.00. The monoisotopic (exact) mass is 315 g/mol. The Hall–Kier alpha value is -0.540. The number of carbonyl (C=O) groups is 1. The molecule has 1 N–H and O–H groups in total. The first-order chi connectivity index (χ1) is 8.16. The third-order valence-corrected chi connectivity index (χ3v) is 4.38. The molecule has 0 radical (unpaired) electrons. The Morgan fingerprint density at radius 3 is 2.82 bits per heavy atom. The van der Waals surface area contributed by atoms with Crippen LogP contribution < -0.4 is 5.32 Å². The number of carbonyl (C=O) groups excluding carboxylic acids is 1. The number of nitrogens with one attached hydrogen (secondary N) is 1. The van der Waals surface area contributed by atoms with Crippen molar-refractivity contribution in [1.82, 2.24) is 5.32 Å². The second kappa shape index (κ2) is 5.87. The summed E-state index contributed by atoms with van der Waals surface area (Å²) in [5.74, 6) is 0.777. The van der Waals surface area contributed by atoms with Crippen LogP contribution in [0.25, 0.3) is 0 Å². The van der Waals surface area contributed by atoms with Crippen molar-refractivity contribution in [3.63, 3.8) is 0 Å². The fourth-order valence-electron chi connectivity index (χ4n) is 1.71. The molecule has 0 spiro atoms. The minimum Gasteiger partial charge on any atom is -0.355 e. The van der Waals surface area contributed by atoms with E-state index >= 15 is 0 Å². The summed E-state index contributed by atoms with van der Waals surface area (Å²) < 4.78 is 0. The number of hydrogen-bond acceptors (Lipinski definition) is 1. The molecule has 92 valence electrons. The maximum atomic E-state index is 11.7. The Morgan fingerprint density at radius 1 is 1.47 bits per heavy atom. The van der Waals surface area contributed by atoms with Crippen molar-refractivity contribution in [1.29, 1.82) is 0 Å². The van der Waals surface area contributed by atoms with E-state index in [1.165, 1.54) is 12.8 Å². The van der Waals surface area contributed by atoms with Gasteiger partial charge in [0.15, 0.2) is 0 Å². The number of rotatable bonds is 5. The van der Waals surface area contributed by atoms with E-state index in [1.807, 2.05) is 24.3 Å². The van der Waals surface area contributed by atoms with Gasteiger partial charge >= 0.3 is 0 Å². The highest BCUT2D eigenvalue weighted by Gasteiger charge is 2.29. The van der Waals surface area contributed by atoms with E-state index in [4.69, 9.17) is 11.6 Å². The van der Waals surface area contributed by atoms with Crippen LogP contribution >= 0.6 is 27.5 Å². The van der Waals surface area contributed by atoms with E-state index in [0.29, 0.717) is 22.8 Å². The van der Waals surface area contributed by atoms with Gasteiger partial charge in [-0.15, -0.1) is 0 Å². The minimum atomic E-state index is 0.0307. The van der Waals surface area contributed by atoms with Gasteiger partial charge in [0, 0.05) is 16.4 Å². The molecule has 1 aromatic rings. The average molecular weight is 317 g/mol. The second-order valence-electron chi connectivity index (χ2n) is 4.43. The zero-order chi connectivity index (χ0) is 12.3. The fraction of sp³-hybridized carbons (Fsp3) is 0.462. The normalized spacial score (nSPS) is 16.6. The van der Waals surface area contributed by atoms with E-state index in [-0.39, 0.29) is 5.91 Å². The summed E-state index contributed by atoms with van der Waals surface area (Å²) in [7, 11) is 0. The van der Waals surface area contributed by atoms with Gasteiger partial charge < -0.3 is 5.32 Å². The molecule has 0 saturated heterocycles. The summed E-state index contributed by atoms with van der Waals surface area (Å²) >= 11 is 9.59. The molecule has 0 heterocycles. The van der Waals surface area contributed by atoms with Crippen LogP contribution in [0.2, 0.25) is 5.02 Å². The molecule has 1 aliphatic rings. The van der Waals surface area contributed by atoms with Gasteiger partial charge in [-0.2, -0.15) is 0 Å². The molecule has 1 saturated carbocycles. The lowest BCUT2D eigenvalue weighted by Gasteiger charge is -2.10. The molecule has 2 nitrogen and oxygen atoms in total. The molecule has 4 heteroatoms. The van der Waals surface area contributed by atoms with Crippen molar-refractivity contribution in [3.8, 4) is 0 Å². The summed E-state index contributed by atoms with van der Waals surface area (Å²) in [6.07, 6.45) is 2.90. The van der Waals surface area contributed by atoms with Gasteiger partial charge in [-0.1, -0.05) is 45.7 Å². The maximum Gasteiger partial charge on any atom is 0.224 e. The highest BCUT2D eigenvalue weighted by atomic mass is 79.9. The molecular formula is C13H15BrClNO. The minimum absolute atomic E-state index is 0.0307. The van der Waals surface area contributed by atoms with Crippen LogP contribution in [-0.4, -0.2) is 17.3 Å². The number of halogens is 2.